The van der Waals surface area contributed by atoms with Gasteiger partial charge in [-0.1, -0.05) is 12.1 Å². The van der Waals surface area contributed by atoms with Crippen LogP contribution in [0.4, 0.5) is 4.79 Å². The van der Waals surface area contributed by atoms with Gasteiger partial charge in [0.25, 0.3) is 0 Å². The highest BCUT2D eigenvalue weighted by atomic mass is 16.6. The van der Waals surface area contributed by atoms with E-state index in [1.165, 1.54) is 12.8 Å². The van der Waals surface area contributed by atoms with Crippen molar-refractivity contribution in [1.82, 2.24) is 16.0 Å². The number of nitrogens with one attached hydrogen (secondary N) is 3. The molecule has 1 amide bonds. The summed E-state index contributed by atoms with van der Waals surface area (Å²) in [6, 6.07) is 7.68. The molecule has 3 rings (SSSR count). The van der Waals surface area contributed by atoms with Crippen molar-refractivity contribution in [3.8, 4) is 5.75 Å². The molecule has 4 atom stereocenters. The van der Waals surface area contributed by atoms with Gasteiger partial charge >= 0.3 is 6.09 Å². The van der Waals surface area contributed by atoms with Crippen molar-refractivity contribution in [1.29, 1.82) is 0 Å². The summed E-state index contributed by atoms with van der Waals surface area (Å²) in [4.78, 5) is 12.2. The van der Waals surface area contributed by atoms with Crippen molar-refractivity contribution >= 4 is 6.09 Å². The summed E-state index contributed by atoms with van der Waals surface area (Å²) in [5.41, 5.74) is 1.10. The van der Waals surface area contributed by atoms with E-state index < -0.39 is 18.3 Å². The number of piperidine rings is 1. The Hall–Kier alpha value is -1.83. The number of amides is 1. The van der Waals surface area contributed by atoms with Gasteiger partial charge in [-0.2, -0.15) is 0 Å². The number of rotatable bonds is 7. The van der Waals surface area contributed by atoms with E-state index in [9.17, 15) is 9.90 Å². The van der Waals surface area contributed by atoms with Crippen LogP contribution < -0.4 is 20.7 Å². The van der Waals surface area contributed by atoms with Crippen molar-refractivity contribution < 1.29 is 19.4 Å². The first-order valence-electron chi connectivity index (χ1n) is 9.85. The topological polar surface area (TPSA) is 91.8 Å². The average molecular weight is 377 g/mol. The van der Waals surface area contributed by atoms with E-state index >= 15 is 0 Å². The summed E-state index contributed by atoms with van der Waals surface area (Å²) < 4.78 is 10.7. The van der Waals surface area contributed by atoms with Crippen LogP contribution >= 0.6 is 0 Å². The molecule has 7 heteroatoms. The second kappa shape index (κ2) is 9.92. The molecule has 0 aromatic heterocycles. The zero-order valence-corrected chi connectivity index (χ0v) is 15.9. The van der Waals surface area contributed by atoms with Gasteiger partial charge in [-0.25, -0.2) is 4.79 Å². The predicted molar refractivity (Wildman–Crippen MR) is 103 cm³/mol. The van der Waals surface area contributed by atoms with Gasteiger partial charge in [0, 0.05) is 13.1 Å². The zero-order valence-electron chi connectivity index (χ0n) is 15.9. The molecule has 4 N–H and O–H groups in total. The Morgan fingerprint density at radius 1 is 1.30 bits per heavy atom. The third-order valence-corrected chi connectivity index (χ3v) is 5.44. The minimum Gasteiger partial charge on any atom is -0.497 e. The summed E-state index contributed by atoms with van der Waals surface area (Å²) in [6.07, 6.45) is 2.33. The molecule has 2 aliphatic heterocycles. The second-order valence-electron chi connectivity index (χ2n) is 7.43. The predicted octanol–water partition coefficient (Wildman–Crippen LogP) is 1.05. The Bertz CT molecular complexity index is 589. The number of aliphatic hydroxyl groups is 1. The van der Waals surface area contributed by atoms with Crippen molar-refractivity contribution in [3.63, 3.8) is 0 Å². The molecule has 0 aliphatic carbocycles. The molecule has 2 aliphatic rings. The Morgan fingerprint density at radius 3 is 2.81 bits per heavy atom. The van der Waals surface area contributed by atoms with Gasteiger partial charge in [0.1, 0.15) is 18.0 Å². The normalized spacial score (nSPS) is 27.9. The highest BCUT2D eigenvalue weighted by molar-refractivity contribution is 5.67. The molecule has 27 heavy (non-hydrogen) atoms. The lowest BCUT2D eigenvalue weighted by atomic mass is 9.96. The maximum Gasteiger partial charge on any atom is 0.407 e. The average Bonchev–Trinajstić information content (AvgIpc) is 3.03. The molecule has 1 aromatic carbocycles. The van der Waals surface area contributed by atoms with E-state index in [1.54, 1.807) is 7.11 Å². The van der Waals surface area contributed by atoms with Gasteiger partial charge in [-0.3, -0.25) is 0 Å². The van der Waals surface area contributed by atoms with E-state index in [0.717, 1.165) is 30.8 Å². The number of aliphatic hydroxyl groups excluding tert-OH is 1. The maximum atomic E-state index is 12.2. The van der Waals surface area contributed by atoms with Gasteiger partial charge in [0.15, 0.2) is 0 Å². The third-order valence-electron chi connectivity index (χ3n) is 5.44. The number of carbonyl (C=O) groups is 1. The number of ether oxygens (including phenoxy) is 2. The summed E-state index contributed by atoms with van der Waals surface area (Å²) in [7, 11) is 1.64. The molecule has 2 heterocycles. The van der Waals surface area contributed by atoms with Crippen LogP contribution in [0, 0.1) is 5.92 Å². The van der Waals surface area contributed by atoms with Gasteiger partial charge in [-0.05, 0) is 62.4 Å². The minimum absolute atomic E-state index is 0.110. The fourth-order valence-corrected chi connectivity index (χ4v) is 3.85. The summed E-state index contributed by atoms with van der Waals surface area (Å²) in [5, 5.41) is 19.7. The first kappa shape index (κ1) is 19.9. The van der Waals surface area contributed by atoms with Crippen LogP contribution in [0.15, 0.2) is 24.3 Å². The molecule has 150 valence electrons. The minimum atomic E-state index is -0.693. The van der Waals surface area contributed by atoms with E-state index in [-0.39, 0.29) is 6.04 Å². The van der Waals surface area contributed by atoms with Gasteiger partial charge in [-0.15, -0.1) is 0 Å². The van der Waals surface area contributed by atoms with E-state index in [0.29, 0.717) is 25.4 Å². The summed E-state index contributed by atoms with van der Waals surface area (Å²) in [6.45, 7) is 3.14. The van der Waals surface area contributed by atoms with E-state index in [2.05, 4.69) is 16.0 Å². The van der Waals surface area contributed by atoms with Gasteiger partial charge < -0.3 is 30.5 Å². The van der Waals surface area contributed by atoms with Gasteiger partial charge in [0.2, 0.25) is 0 Å². The summed E-state index contributed by atoms with van der Waals surface area (Å²) in [5.74, 6) is 1.42. The van der Waals surface area contributed by atoms with Crippen molar-refractivity contribution in [2.45, 2.75) is 43.9 Å². The summed E-state index contributed by atoms with van der Waals surface area (Å²) >= 11 is 0. The number of methoxy groups -OCH3 is 1. The first-order valence-corrected chi connectivity index (χ1v) is 9.85. The standard InChI is InChI=1S/C20H31N3O4/c1-26-16-6-4-14(5-7-16)11-17-19(18(24)13-23-17)27-20(25)22-10-8-15-3-2-9-21-12-15/h4-7,15,17-19,21,23-24H,2-3,8-13H2,1H3,(H,22,25)/t15-,17-,18+,19+/m1/s1. The van der Waals surface area contributed by atoms with Crippen LogP contribution in [0.1, 0.15) is 24.8 Å². The van der Waals surface area contributed by atoms with Crippen LogP contribution in [0.5, 0.6) is 5.75 Å². The van der Waals surface area contributed by atoms with Crippen LogP contribution in [0.25, 0.3) is 0 Å². The van der Waals surface area contributed by atoms with Crippen LogP contribution in [-0.2, 0) is 11.2 Å². The number of carbonyl (C=O) groups excluding carboxylic acids is 1. The van der Waals surface area contributed by atoms with Crippen LogP contribution in [0.2, 0.25) is 0 Å². The Balaban J connectivity index is 1.45. The molecule has 0 radical (unpaired) electrons. The number of benzene rings is 1. The maximum absolute atomic E-state index is 12.2. The Morgan fingerprint density at radius 2 is 2.11 bits per heavy atom. The molecule has 0 saturated carbocycles. The fourth-order valence-electron chi connectivity index (χ4n) is 3.85. The molecule has 2 fully saturated rings. The number of hydrogen-bond acceptors (Lipinski definition) is 6. The Kier molecular flexibility index (Phi) is 7.32. The third kappa shape index (κ3) is 5.82. The molecule has 1 aromatic rings. The van der Waals surface area contributed by atoms with Gasteiger partial charge in [0.05, 0.1) is 13.2 Å². The second-order valence-corrected chi connectivity index (χ2v) is 7.43. The number of alkyl carbamates (subject to hydrolysis) is 1. The molecule has 7 nitrogen and oxygen atoms in total. The molecule has 0 unspecified atom stereocenters. The largest absolute Gasteiger partial charge is 0.497 e. The molecule has 0 spiro atoms. The Labute approximate surface area is 160 Å². The highest BCUT2D eigenvalue weighted by Gasteiger charge is 2.37. The molecule has 2 saturated heterocycles. The smallest absolute Gasteiger partial charge is 0.407 e. The lowest BCUT2D eigenvalue weighted by Crippen LogP contribution is -2.42. The number of β-amino-alcohol motifs (C(OH)–C–C–N with tert-alkyl or cyclic N) is 1. The molecular formula is C20H31N3O4. The van der Waals surface area contributed by atoms with E-state index in [4.69, 9.17) is 9.47 Å². The molecular weight excluding hydrogens is 346 g/mol. The monoisotopic (exact) mass is 377 g/mol. The van der Waals surface area contributed by atoms with Crippen LogP contribution in [0.3, 0.4) is 0 Å². The lowest BCUT2D eigenvalue weighted by molar-refractivity contribution is 0.0188. The fraction of sp³-hybridized carbons (Fsp3) is 0.650. The quantitative estimate of drug-likeness (QED) is 0.568. The first-order chi connectivity index (χ1) is 13.2. The van der Waals surface area contributed by atoms with E-state index in [1.807, 2.05) is 24.3 Å². The highest BCUT2D eigenvalue weighted by Crippen LogP contribution is 2.19. The van der Waals surface area contributed by atoms with Crippen molar-refractivity contribution in [3.05, 3.63) is 29.8 Å². The molecule has 0 bridgehead atoms. The SMILES string of the molecule is COc1ccc(C[C@H]2NC[C@H](O)[C@H]2OC(=O)NCC[C@H]2CCCNC2)cc1. The van der Waals surface area contributed by atoms with Crippen molar-refractivity contribution in [2.75, 3.05) is 33.3 Å². The lowest BCUT2D eigenvalue weighted by Gasteiger charge is -2.24. The van der Waals surface area contributed by atoms with Crippen LogP contribution in [-0.4, -0.2) is 62.7 Å². The van der Waals surface area contributed by atoms with Crippen molar-refractivity contribution in [2.24, 2.45) is 5.92 Å². The zero-order chi connectivity index (χ0) is 19.1. The number of hydrogen-bond donors (Lipinski definition) is 4.